The lowest BCUT2D eigenvalue weighted by atomic mass is 10.0. The van der Waals surface area contributed by atoms with Gasteiger partial charge < -0.3 is 4.74 Å². The Labute approximate surface area is 122 Å². The summed E-state index contributed by atoms with van der Waals surface area (Å²) < 4.78 is 18.4. The molecule has 20 heavy (non-hydrogen) atoms. The van der Waals surface area contributed by atoms with E-state index in [1.54, 1.807) is 24.3 Å². The Hall–Kier alpha value is -1.87. The van der Waals surface area contributed by atoms with Crippen molar-refractivity contribution in [2.75, 3.05) is 7.11 Å². The summed E-state index contributed by atoms with van der Waals surface area (Å²) in [6, 6.07) is 11.7. The van der Waals surface area contributed by atoms with Gasteiger partial charge in [0.1, 0.15) is 5.78 Å². The summed E-state index contributed by atoms with van der Waals surface area (Å²) in [5.41, 5.74) is 1.49. The predicted molar refractivity (Wildman–Crippen MR) is 76.8 cm³/mol. The highest BCUT2D eigenvalue weighted by Gasteiger charge is 2.09. The molecule has 0 aliphatic rings. The van der Waals surface area contributed by atoms with Gasteiger partial charge in [0.2, 0.25) is 0 Å². The molecule has 0 aromatic heterocycles. The topological polar surface area (TPSA) is 26.3 Å². The van der Waals surface area contributed by atoms with Crippen LogP contribution in [-0.2, 0) is 17.6 Å². The zero-order valence-corrected chi connectivity index (χ0v) is 11.8. The first kappa shape index (κ1) is 14.5. The fraction of sp³-hybridized carbons (Fsp3) is 0.188. The van der Waals surface area contributed by atoms with Crippen molar-refractivity contribution >= 4 is 17.4 Å². The summed E-state index contributed by atoms with van der Waals surface area (Å²) in [4.78, 5) is 12.0. The number of hydrogen-bond donors (Lipinski definition) is 0. The molecule has 104 valence electrons. The van der Waals surface area contributed by atoms with Crippen LogP contribution < -0.4 is 4.74 Å². The van der Waals surface area contributed by atoms with E-state index in [1.165, 1.54) is 19.2 Å². The van der Waals surface area contributed by atoms with Gasteiger partial charge in [-0.15, -0.1) is 0 Å². The molecule has 0 saturated carbocycles. The maximum atomic E-state index is 13.5. The Bertz CT molecular complexity index is 626. The van der Waals surface area contributed by atoms with Crippen LogP contribution in [0.1, 0.15) is 11.1 Å². The minimum atomic E-state index is -0.458. The maximum Gasteiger partial charge on any atom is 0.165 e. The number of hydrogen-bond acceptors (Lipinski definition) is 2. The second-order valence-corrected chi connectivity index (χ2v) is 4.93. The van der Waals surface area contributed by atoms with Crippen molar-refractivity contribution in [1.29, 1.82) is 0 Å². The average Bonchev–Trinajstić information content (AvgIpc) is 2.38. The molecule has 0 fully saturated rings. The van der Waals surface area contributed by atoms with Gasteiger partial charge in [-0.1, -0.05) is 29.8 Å². The number of carbonyl (C=O) groups is 1. The Balaban J connectivity index is 2.03. The Morgan fingerprint density at radius 1 is 1.15 bits per heavy atom. The van der Waals surface area contributed by atoms with Crippen molar-refractivity contribution in [3.05, 3.63) is 64.4 Å². The molecule has 0 spiro atoms. The highest BCUT2D eigenvalue weighted by atomic mass is 35.5. The van der Waals surface area contributed by atoms with Gasteiger partial charge in [-0.3, -0.25) is 4.79 Å². The number of rotatable bonds is 5. The standard InChI is InChI=1S/C16H14ClFO2/c1-20-16-6-5-12(10-15(16)18)9-14(19)8-11-3-2-4-13(17)7-11/h2-7,10H,8-9H2,1H3. The van der Waals surface area contributed by atoms with Crippen LogP contribution in [0.5, 0.6) is 5.75 Å². The molecular weight excluding hydrogens is 279 g/mol. The van der Waals surface area contributed by atoms with Crippen LogP contribution in [0.15, 0.2) is 42.5 Å². The number of carbonyl (C=O) groups excluding carboxylic acids is 1. The number of benzene rings is 2. The molecule has 4 heteroatoms. The van der Waals surface area contributed by atoms with Gasteiger partial charge in [-0.05, 0) is 35.4 Å². The van der Waals surface area contributed by atoms with Gasteiger partial charge in [0, 0.05) is 17.9 Å². The predicted octanol–water partition coefficient (Wildman–Crippen LogP) is 3.84. The highest BCUT2D eigenvalue weighted by Crippen LogP contribution is 2.18. The first-order valence-electron chi connectivity index (χ1n) is 6.17. The first-order valence-corrected chi connectivity index (χ1v) is 6.55. The van der Waals surface area contributed by atoms with E-state index in [2.05, 4.69) is 0 Å². The fourth-order valence-electron chi connectivity index (χ4n) is 1.98. The third-order valence-corrected chi connectivity index (χ3v) is 3.14. The number of ketones is 1. The average molecular weight is 293 g/mol. The van der Waals surface area contributed by atoms with Crippen LogP contribution in [0, 0.1) is 5.82 Å². The molecule has 0 aliphatic heterocycles. The van der Waals surface area contributed by atoms with Crippen LogP contribution in [0.25, 0.3) is 0 Å². The molecular formula is C16H14ClFO2. The third kappa shape index (κ3) is 3.81. The summed E-state index contributed by atoms with van der Waals surface area (Å²) >= 11 is 5.87. The molecule has 0 aliphatic carbocycles. The van der Waals surface area contributed by atoms with Crippen LogP contribution in [0.2, 0.25) is 5.02 Å². The molecule has 0 unspecified atom stereocenters. The normalized spacial score (nSPS) is 10.3. The number of halogens is 2. The number of methoxy groups -OCH3 is 1. The van der Waals surface area contributed by atoms with E-state index in [0.717, 1.165) is 5.56 Å². The lowest BCUT2D eigenvalue weighted by Gasteiger charge is -2.05. The van der Waals surface area contributed by atoms with Crippen LogP contribution in [-0.4, -0.2) is 12.9 Å². The monoisotopic (exact) mass is 292 g/mol. The van der Waals surface area contributed by atoms with E-state index >= 15 is 0 Å². The quantitative estimate of drug-likeness (QED) is 0.837. The lowest BCUT2D eigenvalue weighted by molar-refractivity contribution is -0.117. The van der Waals surface area contributed by atoms with Crippen molar-refractivity contribution < 1.29 is 13.9 Å². The Morgan fingerprint density at radius 2 is 1.85 bits per heavy atom. The Morgan fingerprint density at radius 3 is 2.45 bits per heavy atom. The summed E-state index contributed by atoms with van der Waals surface area (Å²) in [5, 5.41) is 0.603. The Kier molecular flexibility index (Phi) is 4.74. The second-order valence-electron chi connectivity index (χ2n) is 4.49. The van der Waals surface area contributed by atoms with E-state index in [1.807, 2.05) is 6.07 Å². The van der Waals surface area contributed by atoms with Crippen LogP contribution >= 0.6 is 11.6 Å². The van der Waals surface area contributed by atoms with Crippen molar-refractivity contribution in [1.82, 2.24) is 0 Å². The summed E-state index contributed by atoms with van der Waals surface area (Å²) in [6.45, 7) is 0. The SMILES string of the molecule is COc1ccc(CC(=O)Cc2cccc(Cl)c2)cc1F. The third-order valence-electron chi connectivity index (χ3n) is 2.91. The largest absolute Gasteiger partial charge is 0.494 e. The number of Topliss-reactive ketones (excluding diaryl/α,β-unsaturated/α-hetero) is 1. The van der Waals surface area contributed by atoms with E-state index in [4.69, 9.17) is 16.3 Å². The molecule has 0 atom stereocenters. The van der Waals surface area contributed by atoms with E-state index < -0.39 is 5.82 Å². The van der Waals surface area contributed by atoms with Crippen molar-refractivity contribution in [2.45, 2.75) is 12.8 Å². The smallest absolute Gasteiger partial charge is 0.165 e. The zero-order chi connectivity index (χ0) is 14.5. The molecule has 2 aromatic rings. The van der Waals surface area contributed by atoms with Crippen LogP contribution in [0.4, 0.5) is 4.39 Å². The number of ether oxygens (including phenoxy) is 1. The van der Waals surface area contributed by atoms with Crippen molar-refractivity contribution in [2.24, 2.45) is 0 Å². The summed E-state index contributed by atoms with van der Waals surface area (Å²) in [6.07, 6.45) is 0.474. The molecule has 0 bridgehead atoms. The summed E-state index contributed by atoms with van der Waals surface area (Å²) in [5.74, 6) is -0.270. The molecule has 2 rings (SSSR count). The van der Waals surface area contributed by atoms with Crippen molar-refractivity contribution in [3.63, 3.8) is 0 Å². The fourth-order valence-corrected chi connectivity index (χ4v) is 2.20. The van der Waals surface area contributed by atoms with Gasteiger partial charge >= 0.3 is 0 Å². The van der Waals surface area contributed by atoms with Gasteiger partial charge in [0.25, 0.3) is 0 Å². The van der Waals surface area contributed by atoms with Gasteiger partial charge in [-0.2, -0.15) is 0 Å². The minimum absolute atomic E-state index is 0.0110. The molecule has 0 heterocycles. The maximum absolute atomic E-state index is 13.5. The van der Waals surface area contributed by atoms with Gasteiger partial charge in [-0.25, -0.2) is 4.39 Å². The van der Waals surface area contributed by atoms with Gasteiger partial charge in [0.15, 0.2) is 11.6 Å². The molecule has 0 radical (unpaired) electrons. The molecule has 2 nitrogen and oxygen atoms in total. The molecule has 0 amide bonds. The zero-order valence-electron chi connectivity index (χ0n) is 11.0. The molecule has 2 aromatic carbocycles. The highest BCUT2D eigenvalue weighted by molar-refractivity contribution is 6.30. The van der Waals surface area contributed by atoms with Crippen LogP contribution in [0.3, 0.4) is 0 Å². The second kappa shape index (κ2) is 6.53. The van der Waals surface area contributed by atoms with Gasteiger partial charge in [0.05, 0.1) is 7.11 Å². The minimum Gasteiger partial charge on any atom is -0.494 e. The van der Waals surface area contributed by atoms with E-state index in [-0.39, 0.29) is 24.4 Å². The summed E-state index contributed by atoms with van der Waals surface area (Å²) in [7, 11) is 1.41. The molecule has 0 saturated heterocycles. The first-order chi connectivity index (χ1) is 9.58. The van der Waals surface area contributed by atoms with Crippen molar-refractivity contribution in [3.8, 4) is 5.75 Å². The van der Waals surface area contributed by atoms with E-state index in [0.29, 0.717) is 10.6 Å². The lowest BCUT2D eigenvalue weighted by Crippen LogP contribution is -2.07. The van der Waals surface area contributed by atoms with E-state index in [9.17, 15) is 9.18 Å². The molecule has 0 N–H and O–H groups in total.